The van der Waals surface area contributed by atoms with E-state index < -0.39 is 0 Å². The minimum atomic E-state index is -0.0210. The van der Waals surface area contributed by atoms with Gasteiger partial charge in [0, 0.05) is 12.2 Å². The van der Waals surface area contributed by atoms with E-state index in [1.165, 1.54) is 0 Å². The van der Waals surface area contributed by atoms with E-state index >= 15 is 0 Å². The second-order valence-corrected chi connectivity index (χ2v) is 5.92. The van der Waals surface area contributed by atoms with E-state index in [-0.39, 0.29) is 6.23 Å². The highest BCUT2D eigenvalue weighted by Gasteiger charge is 2.24. The SMILES string of the molecule is C/C=C/c1ncnc2c1nc(-c1ccccc1)n2C1CCCCO1. The van der Waals surface area contributed by atoms with Crippen LogP contribution in [0.25, 0.3) is 28.6 Å². The van der Waals surface area contributed by atoms with Gasteiger partial charge in [-0.3, -0.25) is 4.57 Å². The topological polar surface area (TPSA) is 52.8 Å². The first-order valence-electron chi connectivity index (χ1n) is 8.41. The normalized spacial score (nSPS) is 18.5. The summed E-state index contributed by atoms with van der Waals surface area (Å²) in [5, 5.41) is 0. The maximum atomic E-state index is 6.04. The molecule has 24 heavy (non-hydrogen) atoms. The van der Waals surface area contributed by atoms with Crippen LogP contribution in [0.4, 0.5) is 0 Å². The lowest BCUT2D eigenvalue weighted by atomic mass is 10.1. The highest BCUT2D eigenvalue weighted by molar-refractivity contribution is 5.83. The minimum Gasteiger partial charge on any atom is -0.358 e. The van der Waals surface area contributed by atoms with Crippen LogP contribution in [0.5, 0.6) is 0 Å². The van der Waals surface area contributed by atoms with Crippen LogP contribution in [0.1, 0.15) is 38.1 Å². The van der Waals surface area contributed by atoms with E-state index in [1.54, 1.807) is 6.33 Å². The summed E-state index contributed by atoms with van der Waals surface area (Å²) in [6, 6.07) is 10.2. The van der Waals surface area contributed by atoms with Gasteiger partial charge in [-0.15, -0.1) is 0 Å². The fraction of sp³-hybridized carbons (Fsp3) is 0.316. The largest absolute Gasteiger partial charge is 0.358 e. The van der Waals surface area contributed by atoms with Crippen LogP contribution >= 0.6 is 0 Å². The standard InChI is InChI=1S/C19H20N4O/c1-2-8-15-17-19(21-13-20-15)23(16-11-6-7-12-24-16)18(22-17)14-9-4-3-5-10-14/h2-5,8-10,13,16H,6-7,11-12H2,1H3/b8-2+. The van der Waals surface area contributed by atoms with Crippen LogP contribution in [-0.4, -0.2) is 26.1 Å². The summed E-state index contributed by atoms with van der Waals surface area (Å²) in [4.78, 5) is 13.8. The molecule has 1 aromatic carbocycles. The number of hydrogen-bond acceptors (Lipinski definition) is 4. The lowest BCUT2D eigenvalue weighted by Crippen LogP contribution is -2.19. The van der Waals surface area contributed by atoms with Gasteiger partial charge in [-0.2, -0.15) is 0 Å². The molecule has 5 nitrogen and oxygen atoms in total. The smallest absolute Gasteiger partial charge is 0.166 e. The average Bonchev–Trinajstić information content (AvgIpc) is 3.04. The van der Waals surface area contributed by atoms with Crippen LogP contribution < -0.4 is 0 Å². The fourth-order valence-electron chi connectivity index (χ4n) is 3.20. The molecule has 3 heterocycles. The molecule has 0 bridgehead atoms. The maximum Gasteiger partial charge on any atom is 0.166 e. The summed E-state index contributed by atoms with van der Waals surface area (Å²) in [6.45, 7) is 2.76. The second-order valence-electron chi connectivity index (χ2n) is 5.92. The molecule has 0 saturated carbocycles. The molecule has 1 unspecified atom stereocenters. The maximum absolute atomic E-state index is 6.04. The molecule has 1 saturated heterocycles. The van der Waals surface area contributed by atoms with Gasteiger partial charge in [0.05, 0.1) is 5.69 Å². The van der Waals surface area contributed by atoms with E-state index in [0.717, 1.165) is 54.1 Å². The van der Waals surface area contributed by atoms with Crippen LogP contribution in [0, 0.1) is 0 Å². The van der Waals surface area contributed by atoms with Crippen molar-refractivity contribution in [2.24, 2.45) is 0 Å². The van der Waals surface area contributed by atoms with Crippen molar-refractivity contribution in [3.8, 4) is 11.4 Å². The predicted octanol–water partition coefficient (Wildman–Crippen LogP) is 4.23. The summed E-state index contributed by atoms with van der Waals surface area (Å²) < 4.78 is 8.17. The summed E-state index contributed by atoms with van der Waals surface area (Å²) in [5.74, 6) is 0.892. The average molecular weight is 320 g/mol. The first kappa shape index (κ1) is 15.0. The lowest BCUT2D eigenvalue weighted by Gasteiger charge is -2.25. The molecule has 1 atom stereocenters. The van der Waals surface area contributed by atoms with Gasteiger partial charge in [-0.1, -0.05) is 36.4 Å². The zero-order valence-corrected chi connectivity index (χ0v) is 13.7. The van der Waals surface area contributed by atoms with Gasteiger partial charge in [-0.05, 0) is 32.3 Å². The van der Waals surface area contributed by atoms with Gasteiger partial charge in [0.1, 0.15) is 23.9 Å². The van der Waals surface area contributed by atoms with Gasteiger partial charge in [0.25, 0.3) is 0 Å². The first-order valence-corrected chi connectivity index (χ1v) is 8.41. The molecule has 3 aromatic rings. The van der Waals surface area contributed by atoms with Gasteiger partial charge in [0.15, 0.2) is 5.65 Å². The van der Waals surface area contributed by atoms with Gasteiger partial charge in [0.2, 0.25) is 0 Å². The third kappa shape index (κ3) is 2.61. The molecular weight excluding hydrogens is 300 g/mol. The Hall–Kier alpha value is -2.53. The Labute approximate surface area is 141 Å². The molecule has 2 aromatic heterocycles. The van der Waals surface area contributed by atoms with Crippen LogP contribution in [0.2, 0.25) is 0 Å². The number of imidazole rings is 1. The monoisotopic (exact) mass is 320 g/mol. The Morgan fingerprint density at radius 2 is 2.04 bits per heavy atom. The van der Waals surface area contributed by atoms with E-state index in [0.29, 0.717) is 0 Å². The molecule has 5 heteroatoms. The van der Waals surface area contributed by atoms with Crippen LogP contribution in [-0.2, 0) is 4.74 Å². The first-order chi connectivity index (χ1) is 11.9. The third-order valence-electron chi connectivity index (χ3n) is 4.31. The highest BCUT2D eigenvalue weighted by atomic mass is 16.5. The van der Waals surface area contributed by atoms with Gasteiger partial charge >= 0.3 is 0 Å². The molecule has 4 rings (SSSR count). The van der Waals surface area contributed by atoms with E-state index in [9.17, 15) is 0 Å². The number of nitrogens with zero attached hydrogens (tertiary/aromatic N) is 4. The summed E-state index contributed by atoms with van der Waals surface area (Å²) in [6.07, 6.45) is 8.78. The Morgan fingerprint density at radius 3 is 2.79 bits per heavy atom. The molecule has 1 aliphatic heterocycles. The molecule has 0 aliphatic carbocycles. The van der Waals surface area contributed by atoms with Crippen molar-refractivity contribution >= 4 is 17.2 Å². The summed E-state index contributed by atoms with van der Waals surface area (Å²) in [7, 11) is 0. The number of aromatic nitrogens is 4. The Balaban J connectivity index is 1.97. The molecule has 0 N–H and O–H groups in total. The molecule has 1 aliphatic rings. The number of fused-ring (bicyclic) bond motifs is 1. The highest BCUT2D eigenvalue weighted by Crippen LogP contribution is 2.33. The number of allylic oxidation sites excluding steroid dienone is 1. The Kier molecular flexibility index (Phi) is 4.09. The van der Waals surface area contributed by atoms with Crippen molar-refractivity contribution in [2.75, 3.05) is 6.61 Å². The zero-order valence-electron chi connectivity index (χ0n) is 13.7. The zero-order chi connectivity index (χ0) is 16.4. The van der Waals surface area contributed by atoms with Crippen molar-refractivity contribution in [3.63, 3.8) is 0 Å². The number of ether oxygens (including phenoxy) is 1. The van der Waals surface area contributed by atoms with Gasteiger partial charge in [-0.25, -0.2) is 15.0 Å². The van der Waals surface area contributed by atoms with E-state index in [4.69, 9.17) is 9.72 Å². The third-order valence-corrected chi connectivity index (χ3v) is 4.31. The fourth-order valence-corrected chi connectivity index (χ4v) is 3.20. The molecular formula is C19H20N4O. The molecule has 0 spiro atoms. The molecule has 0 radical (unpaired) electrons. The predicted molar refractivity (Wildman–Crippen MR) is 94.3 cm³/mol. The van der Waals surface area contributed by atoms with Crippen molar-refractivity contribution in [3.05, 3.63) is 48.4 Å². The quantitative estimate of drug-likeness (QED) is 0.725. The number of benzene rings is 1. The van der Waals surface area contributed by atoms with Crippen molar-refractivity contribution < 1.29 is 4.74 Å². The van der Waals surface area contributed by atoms with Crippen molar-refractivity contribution in [2.45, 2.75) is 32.4 Å². The van der Waals surface area contributed by atoms with Crippen molar-refractivity contribution in [1.82, 2.24) is 19.5 Å². The minimum absolute atomic E-state index is 0.0210. The van der Waals surface area contributed by atoms with Crippen molar-refractivity contribution in [1.29, 1.82) is 0 Å². The lowest BCUT2D eigenvalue weighted by molar-refractivity contribution is -0.0287. The molecule has 1 fully saturated rings. The number of rotatable bonds is 3. The Morgan fingerprint density at radius 1 is 1.17 bits per heavy atom. The van der Waals surface area contributed by atoms with E-state index in [1.807, 2.05) is 37.3 Å². The summed E-state index contributed by atoms with van der Waals surface area (Å²) in [5.41, 5.74) is 3.57. The van der Waals surface area contributed by atoms with Crippen LogP contribution in [0.15, 0.2) is 42.7 Å². The number of hydrogen-bond donors (Lipinski definition) is 0. The van der Waals surface area contributed by atoms with Gasteiger partial charge < -0.3 is 4.74 Å². The van der Waals surface area contributed by atoms with Crippen LogP contribution in [0.3, 0.4) is 0 Å². The summed E-state index contributed by atoms with van der Waals surface area (Å²) >= 11 is 0. The molecule has 0 amide bonds. The van der Waals surface area contributed by atoms with E-state index in [2.05, 4.69) is 26.7 Å². The second kappa shape index (κ2) is 6.53. The Bertz CT molecular complexity index is 864. The molecule has 122 valence electrons.